The van der Waals surface area contributed by atoms with Crippen molar-refractivity contribution in [2.75, 3.05) is 13.2 Å². The summed E-state index contributed by atoms with van der Waals surface area (Å²) in [6, 6.07) is 10.9. The van der Waals surface area contributed by atoms with Crippen LogP contribution in [-0.4, -0.2) is 34.9 Å². The molecular weight excluding hydrogens is 400 g/mol. The van der Waals surface area contributed by atoms with Gasteiger partial charge in [0.25, 0.3) is 5.91 Å². The highest BCUT2D eigenvalue weighted by Gasteiger charge is 2.04. The molecule has 0 fully saturated rings. The van der Waals surface area contributed by atoms with E-state index in [2.05, 4.69) is 15.3 Å². The highest BCUT2D eigenvalue weighted by Crippen LogP contribution is 2.21. The molecule has 0 aliphatic carbocycles. The first kappa shape index (κ1) is 21.2. The summed E-state index contributed by atoms with van der Waals surface area (Å²) in [6.45, 7) is 0.414. The third kappa shape index (κ3) is 6.82. The monoisotopic (exact) mass is 422 g/mol. The van der Waals surface area contributed by atoms with Gasteiger partial charge < -0.3 is 15.8 Å². The summed E-state index contributed by atoms with van der Waals surface area (Å²) in [7, 11) is 0. The summed E-state index contributed by atoms with van der Waals surface area (Å²) in [5.41, 5.74) is 7.89. The number of nitrogens with one attached hydrogen (secondary N) is 1. The number of aromatic nitrogens is 2. The van der Waals surface area contributed by atoms with Crippen molar-refractivity contribution in [1.29, 1.82) is 0 Å². The van der Waals surface area contributed by atoms with E-state index in [1.165, 1.54) is 6.08 Å². The lowest BCUT2D eigenvalue weighted by Gasteiger charge is -2.03. The zero-order chi connectivity index (χ0) is 21.2. The molecule has 0 aliphatic rings. The first-order valence-electron chi connectivity index (χ1n) is 9.42. The zero-order valence-electron chi connectivity index (χ0n) is 16.3. The molecule has 3 N–H and O–H groups in total. The molecule has 3 aromatic rings. The maximum Gasteiger partial charge on any atom is 0.255 e. The van der Waals surface area contributed by atoms with Crippen LogP contribution in [0.2, 0.25) is 0 Å². The number of ether oxygens (including phenoxy) is 1. The van der Waals surface area contributed by atoms with E-state index in [4.69, 9.17) is 10.5 Å². The number of primary amides is 1. The van der Waals surface area contributed by atoms with Gasteiger partial charge in [0.2, 0.25) is 5.91 Å². The number of carbonyl (C=O) groups excluding carboxylic acids is 2. The van der Waals surface area contributed by atoms with Crippen LogP contribution < -0.4 is 15.8 Å². The number of amides is 2. The third-order valence-corrected chi connectivity index (χ3v) is 4.99. The number of hydrogen-bond acceptors (Lipinski definition) is 6. The predicted molar refractivity (Wildman–Crippen MR) is 117 cm³/mol. The Kier molecular flexibility index (Phi) is 7.68. The van der Waals surface area contributed by atoms with Gasteiger partial charge in [0, 0.05) is 42.4 Å². The van der Waals surface area contributed by atoms with Gasteiger partial charge in [-0.05, 0) is 42.3 Å². The number of rotatable bonds is 10. The minimum atomic E-state index is -0.528. The van der Waals surface area contributed by atoms with E-state index >= 15 is 0 Å². The minimum absolute atomic E-state index is 0.152. The molecule has 0 unspecified atom stereocenters. The van der Waals surface area contributed by atoms with Crippen LogP contribution >= 0.6 is 11.3 Å². The Morgan fingerprint density at radius 3 is 2.63 bits per heavy atom. The van der Waals surface area contributed by atoms with Crippen LogP contribution in [0.3, 0.4) is 0 Å². The molecule has 8 heteroatoms. The Morgan fingerprint density at radius 2 is 1.90 bits per heavy atom. The zero-order valence-corrected chi connectivity index (χ0v) is 17.1. The van der Waals surface area contributed by atoms with Crippen molar-refractivity contribution in [2.24, 2.45) is 5.73 Å². The molecule has 0 radical (unpaired) electrons. The summed E-state index contributed by atoms with van der Waals surface area (Å²) in [5.74, 6) is -0.134. The van der Waals surface area contributed by atoms with Crippen LogP contribution in [0.4, 0.5) is 0 Å². The number of aryl methyl sites for hydroxylation is 1. The van der Waals surface area contributed by atoms with Crippen LogP contribution in [0.1, 0.15) is 17.0 Å². The molecule has 0 spiro atoms. The Bertz CT molecular complexity index is 1000. The van der Waals surface area contributed by atoms with Gasteiger partial charge in [-0.3, -0.25) is 14.6 Å². The fourth-order valence-corrected chi connectivity index (χ4v) is 3.44. The highest BCUT2D eigenvalue weighted by molar-refractivity contribution is 7.09. The van der Waals surface area contributed by atoms with Gasteiger partial charge in [0.05, 0.1) is 10.7 Å². The second-order valence-electron chi connectivity index (χ2n) is 6.41. The van der Waals surface area contributed by atoms with Crippen LogP contribution in [0.25, 0.3) is 17.3 Å². The van der Waals surface area contributed by atoms with Gasteiger partial charge >= 0.3 is 0 Å². The van der Waals surface area contributed by atoms with Crippen molar-refractivity contribution in [3.8, 4) is 17.0 Å². The lowest BCUT2D eigenvalue weighted by atomic mass is 10.2. The average Bonchev–Trinajstić information content (AvgIpc) is 3.24. The van der Waals surface area contributed by atoms with Gasteiger partial charge in [-0.25, -0.2) is 4.98 Å². The number of nitrogens with two attached hydrogens (primary N) is 1. The molecule has 1 aromatic carbocycles. The van der Waals surface area contributed by atoms with Crippen molar-refractivity contribution in [3.05, 3.63) is 70.8 Å². The van der Waals surface area contributed by atoms with E-state index in [1.54, 1.807) is 54.1 Å². The molecule has 0 saturated carbocycles. The van der Waals surface area contributed by atoms with Crippen LogP contribution in [0.15, 0.2) is 60.2 Å². The maximum absolute atomic E-state index is 12.0. The summed E-state index contributed by atoms with van der Waals surface area (Å²) < 4.78 is 5.19. The van der Waals surface area contributed by atoms with Gasteiger partial charge in [0.15, 0.2) is 6.61 Å². The van der Waals surface area contributed by atoms with Gasteiger partial charge in [-0.15, -0.1) is 11.3 Å². The number of nitrogens with zero attached hydrogens (tertiary/aromatic N) is 2. The van der Waals surface area contributed by atoms with Crippen molar-refractivity contribution >= 4 is 29.2 Å². The Labute approximate surface area is 178 Å². The SMILES string of the molecule is NC(=O)COc1ccc(C=CC(=O)NCCCc2nc(-c3ccncc3)cs2)cc1. The smallest absolute Gasteiger partial charge is 0.255 e. The summed E-state index contributed by atoms with van der Waals surface area (Å²) >= 11 is 1.62. The molecular formula is C22H22N4O3S. The molecule has 2 amide bonds. The first-order valence-corrected chi connectivity index (χ1v) is 10.3. The van der Waals surface area contributed by atoms with Crippen LogP contribution in [0.5, 0.6) is 5.75 Å². The topological polar surface area (TPSA) is 107 Å². The number of pyridine rings is 1. The Morgan fingerprint density at radius 1 is 1.13 bits per heavy atom. The third-order valence-electron chi connectivity index (χ3n) is 4.08. The molecule has 2 heterocycles. The second kappa shape index (κ2) is 10.9. The van der Waals surface area contributed by atoms with Crippen LogP contribution in [0, 0.1) is 0 Å². The molecule has 30 heavy (non-hydrogen) atoms. The second-order valence-corrected chi connectivity index (χ2v) is 7.36. The summed E-state index contributed by atoms with van der Waals surface area (Å²) in [4.78, 5) is 31.3. The first-order chi connectivity index (χ1) is 14.6. The fraction of sp³-hybridized carbons (Fsp3) is 0.182. The summed E-state index contributed by atoms with van der Waals surface area (Å²) in [5, 5.41) is 5.96. The lowest BCUT2D eigenvalue weighted by Crippen LogP contribution is -2.22. The van der Waals surface area contributed by atoms with E-state index < -0.39 is 5.91 Å². The van der Waals surface area contributed by atoms with Crippen molar-refractivity contribution in [2.45, 2.75) is 12.8 Å². The maximum atomic E-state index is 12.0. The molecule has 0 bridgehead atoms. The standard InChI is InChI=1S/C22H22N4O3S/c23-20(27)14-29-18-6-3-16(4-7-18)5-8-21(28)25-11-1-2-22-26-19(15-30-22)17-9-12-24-13-10-17/h3-10,12-13,15H,1-2,11,14H2,(H2,23,27)(H,25,28). The Hall–Kier alpha value is -3.52. The van der Waals surface area contributed by atoms with E-state index in [0.29, 0.717) is 12.3 Å². The number of thiazole rings is 1. The molecule has 0 saturated heterocycles. The largest absolute Gasteiger partial charge is 0.484 e. The number of benzene rings is 1. The van der Waals surface area contributed by atoms with Crippen molar-refractivity contribution in [1.82, 2.24) is 15.3 Å². The van der Waals surface area contributed by atoms with E-state index in [9.17, 15) is 9.59 Å². The average molecular weight is 423 g/mol. The van der Waals surface area contributed by atoms with Gasteiger partial charge in [0.1, 0.15) is 5.75 Å². The molecule has 3 rings (SSSR count). The molecule has 2 aromatic heterocycles. The van der Waals surface area contributed by atoms with Crippen molar-refractivity contribution in [3.63, 3.8) is 0 Å². The predicted octanol–water partition coefficient (Wildman–Crippen LogP) is 2.83. The van der Waals surface area contributed by atoms with Crippen molar-refractivity contribution < 1.29 is 14.3 Å². The molecule has 7 nitrogen and oxygen atoms in total. The highest BCUT2D eigenvalue weighted by atomic mass is 32.1. The summed E-state index contributed by atoms with van der Waals surface area (Å²) in [6.07, 6.45) is 8.34. The molecule has 0 aliphatic heterocycles. The van der Waals surface area contributed by atoms with E-state index in [1.807, 2.05) is 17.5 Å². The van der Waals surface area contributed by atoms with Gasteiger partial charge in [-0.1, -0.05) is 12.1 Å². The van der Waals surface area contributed by atoms with Crippen LogP contribution in [-0.2, 0) is 16.0 Å². The molecule has 0 atom stereocenters. The quantitative estimate of drug-likeness (QED) is 0.386. The fourth-order valence-electron chi connectivity index (χ4n) is 2.59. The van der Waals surface area contributed by atoms with E-state index in [0.717, 1.165) is 34.7 Å². The lowest BCUT2D eigenvalue weighted by molar-refractivity contribution is -0.120. The number of carbonyl (C=O) groups is 2. The van der Waals surface area contributed by atoms with Gasteiger partial charge in [-0.2, -0.15) is 0 Å². The Balaban J connectivity index is 1.38. The molecule has 154 valence electrons. The minimum Gasteiger partial charge on any atom is -0.484 e. The normalized spacial score (nSPS) is 10.8. The number of hydrogen-bond donors (Lipinski definition) is 2. The van der Waals surface area contributed by atoms with E-state index in [-0.39, 0.29) is 12.5 Å².